The van der Waals surface area contributed by atoms with Crippen molar-refractivity contribution in [3.05, 3.63) is 75.8 Å². The maximum absolute atomic E-state index is 12.1. The molecule has 0 aliphatic heterocycles. The predicted molar refractivity (Wildman–Crippen MR) is 80.2 cm³/mol. The largest absolute Gasteiger partial charge is 0.460 e. The molecule has 0 fully saturated rings. The zero-order valence-corrected chi connectivity index (χ0v) is 12.0. The van der Waals surface area contributed by atoms with Gasteiger partial charge in [0, 0.05) is 12.1 Å². The number of esters is 1. The standard InChI is InChI=1S/C16H13N2O5/c17-15(19)14(12-4-2-1-3-5-12)16(20)23-10-11-6-8-13(9-7-11)18(21)22/h1-9,14,17H,10H2. The lowest BCUT2D eigenvalue weighted by atomic mass is 9.99. The van der Waals surface area contributed by atoms with E-state index in [1.807, 2.05) is 0 Å². The van der Waals surface area contributed by atoms with E-state index in [2.05, 4.69) is 0 Å². The Bertz CT molecular complexity index is 713. The van der Waals surface area contributed by atoms with E-state index < -0.39 is 22.7 Å². The van der Waals surface area contributed by atoms with E-state index in [0.717, 1.165) is 0 Å². The van der Waals surface area contributed by atoms with Gasteiger partial charge in [-0.2, -0.15) is 0 Å². The summed E-state index contributed by atoms with van der Waals surface area (Å²) in [5.41, 5.74) is 8.12. The van der Waals surface area contributed by atoms with Gasteiger partial charge in [-0.15, -0.1) is 0 Å². The SMILES string of the molecule is [NH]C(=O)C(C(=O)OCc1ccc([N+](=O)[O-])cc1)c1ccccc1. The molecule has 2 rings (SSSR count). The fourth-order valence-corrected chi connectivity index (χ4v) is 1.99. The second-order valence-corrected chi connectivity index (χ2v) is 4.74. The van der Waals surface area contributed by atoms with Gasteiger partial charge in [0.1, 0.15) is 6.61 Å². The molecule has 117 valence electrons. The first kappa shape index (κ1) is 16.2. The second kappa shape index (κ2) is 7.17. The fraction of sp³-hybridized carbons (Fsp3) is 0.125. The molecule has 7 nitrogen and oxygen atoms in total. The number of amides is 1. The van der Waals surface area contributed by atoms with Crippen LogP contribution in [-0.4, -0.2) is 16.8 Å². The van der Waals surface area contributed by atoms with Crippen molar-refractivity contribution in [2.45, 2.75) is 12.5 Å². The van der Waals surface area contributed by atoms with Crippen molar-refractivity contribution in [3.8, 4) is 0 Å². The highest BCUT2D eigenvalue weighted by Gasteiger charge is 2.28. The normalized spacial score (nSPS) is 11.5. The van der Waals surface area contributed by atoms with E-state index in [9.17, 15) is 19.7 Å². The van der Waals surface area contributed by atoms with Crippen LogP contribution in [0.1, 0.15) is 17.0 Å². The van der Waals surface area contributed by atoms with Crippen molar-refractivity contribution in [2.24, 2.45) is 0 Å². The van der Waals surface area contributed by atoms with Crippen LogP contribution in [0.15, 0.2) is 54.6 Å². The Balaban J connectivity index is 2.05. The van der Waals surface area contributed by atoms with Crippen LogP contribution in [0.3, 0.4) is 0 Å². The van der Waals surface area contributed by atoms with Gasteiger partial charge >= 0.3 is 5.97 Å². The van der Waals surface area contributed by atoms with Crippen LogP contribution in [0.5, 0.6) is 0 Å². The molecule has 0 aliphatic rings. The van der Waals surface area contributed by atoms with Crippen molar-refractivity contribution in [1.82, 2.24) is 5.73 Å². The van der Waals surface area contributed by atoms with Gasteiger partial charge in [0.05, 0.1) is 4.92 Å². The molecule has 0 bridgehead atoms. The lowest BCUT2D eigenvalue weighted by Gasteiger charge is -2.12. The van der Waals surface area contributed by atoms with E-state index in [-0.39, 0.29) is 12.3 Å². The smallest absolute Gasteiger partial charge is 0.323 e. The van der Waals surface area contributed by atoms with E-state index in [0.29, 0.717) is 11.1 Å². The maximum Gasteiger partial charge on any atom is 0.323 e. The second-order valence-electron chi connectivity index (χ2n) is 4.74. The molecule has 7 heteroatoms. The molecule has 2 aromatic carbocycles. The van der Waals surface area contributed by atoms with Crippen LogP contribution in [0, 0.1) is 10.1 Å². The summed E-state index contributed by atoms with van der Waals surface area (Å²) in [6, 6.07) is 13.7. The van der Waals surface area contributed by atoms with Crippen molar-refractivity contribution in [1.29, 1.82) is 0 Å². The molecule has 0 aromatic heterocycles. The van der Waals surface area contributed by atoms with Gasteiger partial charge < -0.3 is 4.74 Å². The molecule has 1 radical (unpaired) electrons. The average Bonchev–Trinajstić information content (AvgIpc) is 2.54. The first-order valence-electron chi connectivity index (χ1n) is 6.69. The molecule has 0 saturated heterocycles. The summed E-state index contributed by atoms with van der Waals surface area (Å²) in [5.74, 6) is -3.17. The van der Waals surface area contributed by atoms with E-state index in [1.165, 1.54) is 24.3 Å². The third-order valence-corrected chi connectivity index (χ3v) is 3.16. The Hall–Kier alpha value is -3.22. The number of nitro groups is 1. The number of nitro benzene ring substituents is 1. The Morgan fingerprint density at radius 1 is 1.09 bits per heavy atom. The fourth-order valence-electron chi connectivity index (χ4n) is 1.99. The van der Waals surface area contributed by atoms with Gasteiger partial charge in [0.25, 0.3) is 11.6 Å². The summed E-state index contributed by atoms with van der Waals surface area (Å²) in [5, 5.41) is 10.6. The van der Waals surface area contributed by atoms with Crippen molar-refractivity contribution in [2.75, 3.05) is 0 Å². The van der Waals surface area contributed by atoms with Gasteiger partial charge in [0.2, 0.25) is 0 Å². The number of rotatable bonds is 6. The van der Waals surface area contributed by atoms with Gasteiger partial charge in [-0.3, -0.25) is 25.4 Å². The summed E-state index contributed by atoms with van der Waals surface area (Å²) in [6.45, 7) is -0.132. The molecule has 0 saturated carbocycles. The minimum atomic E-state index is -1.30. The molecule has 2 aromatic rings. The predicted octanol–water partition coefficient (Wildman–Crippen LogP) is 2.23. The number of hydrogen-bond donors (Lipinski definition) is 0. The Kier molecular flexibility index (Phi) is 5.03. The summed E-state index contributed by atoms with van der Waals surface area (Å²) < 4.78 is 5.06. The minimum absolute atomic E-state index is 0.0661. The van der Waals surface area contributed by atoms with Crippen LogP contribution in [0.2, 0.25) is 0 Å². The highest BCUT2D eigenvalue weighted by atomic mass is 16.6. The minimum Gasteiger partial charge on any atom is -0.460 e. The quantitative estimate of drug-likeness (QED) is 0.351. The zero-order chi connectivity index (χ0) is 16.8. The average molecular weight is 313 g/mol. The number of benzene rings is 2. The molecule has 0 aliphatic carbocycles. The molecular weight excluding hydrogens is 300 g/mol. The number of nitrogens with zero attached hydrogens (tertiary/aromatic N) is 1. The zero-order valence-electron chi connectivity index (χ0n) is 12.0. The molecule has 1 atom stereocenters. The number of ether oxygens (including phenoxy) is 1. The van der Waals surface area contributed by atoms with Crippen molar-refractivity contribution < 1.29 is 19.2 Å². The van der Waals surface area contributed by atoms with Gasteiger partial charge in [-0.25, -0.2) is 0 Å². The molecule has 1 unspecified atom stereocenters. The van der Waals surface area contributed by atoms with Gasteiger partial charge in [-0.05, 0) is 23.3 Å². The van der Waals surface area contributed by atoms with Crippen LogP contribution >= 0.6 is 0 Å². The van der Waals surface area contributed by atoms with Gasteiger partial charge in [-0.1, -0.05) is 30.3 Å². The highest BCUT2D eigenvalue weighted by molar-refractivity contribution is 6.02. The maximum atomic E-state index is 12.1. The molecule has 1 N–H and O–H groups in total. The summed E-state index contributed by atoms with van der Waals surface area (Å²) in [6.07, 6.45) is 0. The number of carbonyl (C=O) groups excluding carboxylic acids is 2. The number of hydrogen-bond acceptors (Lipinski definition) is 5. The highest BCUT2D eigenvalue weighted by Crippen LogP contribution is 2.19. The lowest BCUT2D eigenvalue weighted by Crippen LogP contribution is -2.24. The lowest BCUT2D eigenvalue weighted by molar-refractivity contribution is -0.384. The summed E-state index contributed by atoms with van der Waals surface area (Å²) >= 11 is 0. The van der Waals surface area contributed by atoms with Crippen LogP contribution in [0.4, 0.5) is 5.69 Å². The molecule has 0 spiro atoms. The third kappa shape index (κ3) is 4.13. The van der Waals surface area contributed by atoms with Crippen LogP contribution in [0.25, 0.3) is 0 Å². The third-order valence-electron chi connectivity index (χ3n) is 3.16. The Labute approximate surface area is 131 Å². The summed E-state index contributed by atoms with van der Waals surface area (Å²) in [4.78, 5) is 33.5. The molecular formula is C16H13N2O5. The topological polar surface area (TPSA) is 110 Å². The first-order chi connectivity index (χ1) is 11.0. The Morgan fingerprint density at radius 3 is 2.22 bits per heavy atom. The van der Waals surface area contributed by atoms with Gasteiger partial charge in [0.15, 0.2) is 5.92 Å². The van der Waals surface area contributed by atoms with E-state index >= 15 is 0 Å². The van der Waals surface area contributed by atoms with Crippen molar-refractivity contribution >= 4 is 17.6 Å². The molecule has 0 heterocycles. The van der Waals surface area contributed by atoms with Crippen LogP contribution < -0.4 is 5.73 Å². The number of carbonyl (C=O) groups is 2. The summed E-state index contributed by atoms with van der Waals surface area (Å²) in [7, 11) is 0. The first-order valence-corrected chi connectivity index (χ1v) is 6.69. The number of nitrogens with one attached hydrogen (secondary N) is 1. The number of non-ortho nitro benzene ring substituents is 1. The molecule has 23 heavy (non-hydrogen) atoms. The molecule has 1 amide bonds. The van der Waals surface area contributed by atoms with Crippen molar-refractivity contribution in [3.63, 3.8) is 0 Å². The van der Waals surface area contributed by atoms with Crippen LogP contribution in [-0.2, 0) is 20.9 Å². The monoisotopic (exact) mass is 313 g/mol. The van der Waals surface area contributed by atoms with E-state index in [4.69, 9.17) is 10.5 Å². The van der Waals surface area contributed by atoms with E-state index in [1.54, 1.807) is 30.3 Å². The Morgan fingerprint density at radius 2 is 1.70 bits per heavy atom.